The van der Waals surface area contributed by atoms with Crippen molar-refractivity contribution in [1.29, 1.82) is 0 Å². The Morgan fingerprint density at radius 1 is 1.07 bits per heavy atom. The molecule has 0 saturated carbocycles. The highest BCUT2D eigenvalue weighted by Gasteiger charge is 2.31. The van der Waals surface area contributed by atoms with Crippen molar-refractivity contribution >= 4 is 23.2 Å². The van der Waals surface area contributed by atoms with Crippen molar-refractivity contribution < 1.29 is 14.3 Å². The monoisotopic (exact) mass is 565 g/mol. The number of nitrogens with zero attached hydrogens (tertiary/aromatic N) is 5. The van der Waals surface area contributed by atoms with Crippen LogP contribution in [0.1, 0.15) is 88.2 Å². The van der Waals surface area contributed by atoms with E-state index in [4.69, 9.17) is 9.72 Å². The van der Waals surface area contributed by atoms with Gasteiger partial charge in [0.1, 0.15) is 5.75 Å². The quantitative estimate of drug-likeness (QED) is 0.225. The van der Waals surface area contributed by atoms with Crippen LogP contribution in [0.4, 0.5) is 0 Å². The number of piperazine rings is 1. The molecule has 1 saturated heterocycles. The summed E-state index contributed by atoms with van der Waals surface area (Å²) in [4.78, 5) is 35.1. The van der Waals surface area contributed by atoms with Gasteiger partial charge in [0, 0.05) is 43.0 Å². The number of ether oxygens (including phenoxy) is 1. The third-order valence-electron chi connectivity index (χ3n) is 7.70. The van der Waals surface area contributed by atoms with Crippen LogP contribution in [-0.2, 0) is 11.2 Å². The molecule has 216 valence electrons. The van der Waals surface area contributed by atoms with E-state index in [1.165, 1.54) is 43.4 Å². The van der Waals surface area contributed by atoms with E-state index >= 15 is 0 Å². The predicted molar refractivity (Wildman–Crippen MR) is 160 cm³/mol. The fourth-order valence-electron chi connectivity index (χ4n) is 5.39. The lowest BCUT2D eigenvalue weighted by molar-refractivity contribution is -0.135. The number of amides is 2. The lowest BCUT2D eigenvalue weighted by Crippen LogP contribution is -2.55. The number of carbonyl (C=O) groups is 2. The van der Waals surface area contributed by atoms with Crippen LogP contribution in [-0.4, -0.2) is 69.2 Å². The van der Waals surface area contributed by atoms with Gasteiger partial charge in [-0.1, -0.05) is 64.5 Å². The molecule has 0 N–H and O–H groups in total. The minimum Gasteiger partial charge on any atom is -0.497 e. The topological polar surface area (TPSA) is 80.6 Å². The Kier molecular flexibility index (Phi) is 10.7. The highest BCUT2D eigenvalue weighted by Crippen LogP contribution is 2.28. The van der Waals surface area contributed by atoms with Gasteiger partial charge in [-0.15, -0.1) is 11.3 Å². The number of unbranched alkanes of at least 4 members (excludes halogenated alkanes) is 6. The van der Waals surface area contributed by atoms with Gasteiger partial charge in [0.2, 0.25) is 11.0 Å². The van der Waals surface area contributed by atoms with Crippen LogP contribution >= 0.6 is 11.3 Å². The summed E-state index contributed by atoms with van der Waals surface area (Å²) in [5.74, 6) is 0.964. The Morgan fingerprint density at radius 3 is 2.58 bits per heavy atom. The van der Waals surface area contributed by atoms with Crippen LogP contribution in [0.25, 0.3) is 16.4 Å². The number of benzene rings is 1. The first-order valence-electron chi connectivity index (χ1n) is 14.7. The average molecular weight is 566 g/mol. The molecule has 0 bridgehead atoms. The summed E-state index contributed by atoms with van der Waals surface area (Å²) < 4.78 is 7.13. The smallest absolute Gasteiger partial charge is 0.257 e. The zero-order valence-electron chi connectivity index (χ0n) is 24.4. The molecule has 2 aromatic heterocycles. The minimum atomic E-state index is -0.0290. The van der Waals surface area contributed by atoms with E-state index in [0.717, 1.165) is 40.7 Å². The van der Waals surface area contributed by atoms with Gasteiger partial charge >= 0.3 is 0 Å². The van der Waals surface area contributed by atoms with Crippen molar-refractivity contribution in [1.82, 2.24) is 24.6 Å². The number of rotatable bonds is 13. The summed E-state index contributed by atoms with van der Waals surface area (Å²) in [6, 6.07) is 7.81. The molecule has 1 unspecified atom stereocenters. The zero-order valence-corrected chi connectivity index (χ0v) is 25.2. The van der Waals surface area contributed by atoms with E-state index in [-0.39, 0.29) is 17.9 Å². The van der Waals surface area contributed by atoms with Gasteiger partial charge in [0.05, 0.1) is 30.3 Å². The Labute approximate surface area is 242 Å². The molecule has 1 aliphatic rings. The van der Waals surface area contributed by atoms with Crippen molar-refractivity contribution in [3.63, 3.8) is 0 Å². The molecular formula is C31H43N5O3S. The second-order valence-electron chi connectivity index (χ2n) is 10.6. The van der Waals surface area contributed by atoms with Crippen molar-refractivity contribution in [2.24, 2.45) is 0 Å². The largest absolute Gasteiger partial charge is 0.497 e. The maximum absolute atomic E-state index is 13.6. The fourth-order valence-corrected chi connectivity index (χ4v) is 6.21. The lowest BCUT2D eigenvalue weighted by atomic mass is 10.1. The van der Waals surface area contributed by atoms with Gasteiger partial charge in [-0.3, -0.25) is 9.59 Å². The molecule has 1 aliphatic heterocycles. The third kappa shape index (κ3) is 7.11. The first-order valence-corrected chi connectivity index (χ1v) is 15.6. The minimum absolute atomic E-state index is 0.000685. The normalized spacial score (nSPS) is 15.4. The highest BCUT2D eigenvalue weighted by molar-refractivity contribution is 7.12. The summed E-state index contributed by atoms with van der Waals surface area (Å²) in [7, 11) is 1.65. The standard InChI is InChI=1S/C31H43N5O3S/c1-5-7-8-9-10-11-12-16-29(37)35-18-17-34(21-23(35)3)30(38)26-20-32-36(28(26)6-2)31-33-27(22-40-31)24-14-13-15-25(19-24)39-4/h13-15,19-20,22-23H,5-12,16-18,21H2,1-4H3. The first-order chi connectivity index (χ1) is 19.5. The molecule has 0 aliphatic carbocycles. The first kappa shape index (κ1) is 29.8. The Hall–Kier alpha value is -3.20. The number of thiazole rings is 1. The second kappa shape index (κ2) is 14.4. The highest BCUT2D eigenvalue weighted by atomic mass is 32.1. The average Bonchev–Trinajstić information content (AvgIpc) is 3.63. The van der Waals surface area contributed by atoms with E-state index in [1.54, 1.807) is 18.0 Å². The van der Waals surface area contributed by atoms with Crippen molar-refractivity contribution in [2.45, 2.75) is 84.6 Å². The number of hydrogen-bond acceptors (Lipinski definition) is 6. The zero-order chi connectivity index (χ0) is 28.5. The Balaban J connectivity index is 1.36. The van der Waals surface area contributed by atoms with E-state index in [2.05, 4.69) is 12.0 Å². The number of aromatic nitrogens is 3. The Morgan fingerprint density at radius 2 is 1.85 bits per heavy atom. The molecule has 0 spiro atoms. The van der Waals surface area contributed by atoms with Crippen LogP contribution < -0.4 is 4.74 Å². The Bertz CT molecular complexity index is 1270. The molecule has 3 heterocycles. The predicted octanol–water partition coefficient (Wildman–Crippen LogP) is 6.38. The van der Waals surface area contributed by atoms with Gasteiger partial charge < -0.3 is 14.5 Å². The van der Waals surface area contributed by atoms with Gasteiger partial charge in [0.15, 0.2) is 0 Å². The number of carbonyl (C=O) groups excluding carboxylic acids is 2. The van der Waals surface area contributed by atoms with Gasteiger partial charge in [0.25, 0.3) is 5.91 Å². The molecule has 2 amide bonds. The summed E-state index contributed by atoms with van der Waals surface area (Å²) in [5, 5.41) is 7.29. The maximum Gasteiger partial charge on any atom is 0.257 e. The SMILES string of the molecule is CCCCCCCCCC(=O)N1CCN(C(=O)c2cnn(-c3nc(-c4cccc(OC)c4)cs3)c2CC)CC1C. The summed E-state index contributed by atoms with van der Waals surface area (Å²) in [5.41, 5.74) is 3.27. The molecule has 1 fully saturated rings. The maximum atomic E-state index is 13.6. The third-order valence-corrected chi connectivity index (χ3v) is 8.52. The van der Waals surface area contributed by atoms with Crippen molar-refractivity contribution in [2.75, 3.05) is 26.7 Å². The van der Waals surface area contributed by atoms with Crippen molar-refractivity contribution in [3.05, 3.63) is 47.1 Å². The van der Waals surface area contributed by atoms with E-state index in [9.17, 15) is 9.59 Å². The molecule has 3 aromatic rings. The van der Waals surface area contributed by atoms with Crippen LogP contribution in [0.3, 0.4) is 0 Å². The molecule has 40 heavy (non-hydrogen) atoms. The summed E-state index contributed by atoms with van der Waals surface area (Å²) >= 11 is 1.50. The van der Waals surface area contributed by atoms with E-state index < -0.39 is 0 Å². The van der Waals surface area contributed by atoms with Crippen LogP contribution in [0, 0.1) is 0 Å². The van der Waals surface area contributed by atoms with E-state index in [1.807, 2.05) is 53.3 Å². The molecule has 1 aromatic carbocycles. The second-order valence-corrected chi connectivity index (χ2v) is 11.4. The van der Waals surface area contributed by atoms with Crippen LogP contribution in [0.2, 0.25) is 0 Å². The van der Waals surface area contributed by atoms with Crippen LogP contribution in [0.5, 0.6) is 5.75 Å². The van der Waals surface area contributed by atoms with Gasteiger partial charge in [-0.25, -0.2) is 9.67 Å². The van der Waals surface area contributed by atoms with Crippen molar-refractivity contribution in [3.8, 4) is 22.1 Å². The molecule has 0 radical (unpaired) electrons. The summed E-state index contributed by atoms with van der Waals surface area (Å²) in [6.45, 7) is 7.95. The molecule has 9 heteroatoms. The number of methoxy groups -OCH3 is 1. The van der Waals surface area contributed by atoms with E-state index in [0.29, 0.717) is 38.0 Å². The molecule has 8 nitrogen and oxygen atoms in total. The number of hydrogen-bond donors (Lipinski definition) is 0. The fraction of sp³-hybridized carbons (Fsp3) is 0.548. The molecular weight excluding hydrogens is 522 g/mol. The van der Waals surface area contributed by atoms with Gasteiger partial charge in [-0.2, -0.15) is 5.10 Å². The lowest BCUT2D eigenvalue weighted by Gasteiger charge is -2.40. The summed E-state index contributed by atoms with van der Waals surface area (Å²) in [6.07, 6.45) is 11.3. The van der Waals surface area contributed by atoms with Crippen LogP contribution in [0.15, 0.2) is 35.8 Å². The van der Waals surface area contributed by atoms with Gasteiger partial charge in [-0.05, 0) is 31.9 Å². The molecule has 1 atom stereocenters. The molecule has 4 rings (SSSR count).